The first-order chi connectivity index (χ1) is 21.0. The highest BCUT2D eigenvalue weighted by Crippen LogP contribution is 2.36. The second kappa shape index (κ2) is 12.6. The first kappa shape index (κ1) is 30.3. The van der Waals surface area contributed by atoms with Gasteiger partial charge in [-0.1, -0.05) is 18.2 Å². The lowest BCUT2D eigenvalue weighted by Crippen LogP contribution is -2.49. The second-order valence-corrected chi connectivity index (χ2v) is 11.4. The molecule has 1 aliphatic heterocycles. The summed E-state index contributed by atoms with van der Waals surface area (Å²) < 4.78 is 24.5. The predicted octanol–water partition coefficient (Wildman–Crippen LogP) is 6.03. The molecule has 0 spiro atoms. The highest BCUT2D eigenvalue weighted by atomic mass is 19.1. The molecule has 44 heavy (non-hydrogen) atoms. The molecule has 2 aromatic heterocycles. The van der Waals surface area contributed by atoms with Crippen molar-refractivity contribution in [1.29, 1.82) is 5.26 Å². The van der Waals surface area contributed by atoms with Crippen LogP contribution in [0, 0.1) is 17.1 Å². The molecule has 2 N–H and O–H groups in total. The van der Waals surface area contributed by atoms with Crippen molar-refractivity contribution in [3.8, 4) is 34.2 Å². The van der Waals surface area contributed by atoms with Gasteiger partial charge in [-0.2, -0.15) is 5.26 Å². The summed E-state index contributed by atoms with van der Waals surface area (Å²) in [4.78, 5) is 33.7. The molecule has 5 rings (SSSR count). The SMILES string of the molecule is CC(C)(C)OC(=O)N1CCN(Cc2cccc(-c3cc(-c4ccc(F)cc4O)nc(NC(=O)c4ccco4)c3C#N)c2)CC1. The molecule has 1 saturated heterocycles. The van der Waals surface area contributed by atoms with Crippen LogP contribution in [-0.4, -0.2) is 63.7 Å². The monoisotopic (exact) mass is 597 g/mol. The number of hydrogen-bond acceptors (Lipinski definition) is 8. The number of rotatable bonds is 6. The first-order valence-corrected chi connectivity index (χ1v) is 14.1. The zero-order valence-corrected chi connectivity index (χ0v) is 24.6. The number of furan rings is 1. The standard InChI is InChI=1S/C33H32FN5O5/c1-33(2,3)44-32(42)39-13-11-38(12-14-39)20-21-6-4-7-22(16-21)25-18-27(24-10-9-23(34)17-28(24)40)36-30(26(25)19-35)37-31(41)29-8-5-15-43-29/h4-10,15-18,40H,11-14,20H2,1-3H3,(H,36,37,41). The molecule has 0 unspecified atom stereocenters. The van der Waals surface area contributed by atoms with Gasteiger partial charge in [-0.05, 0) is 68.3 Å². The second-order valence-electron chi connectivity index (χ2n) is 11.4. The van der Waals surface area contributed by atoms with Gasteiger partial charge in [-0.3, -0.25) is 9.69 Å². The number of nitrogens with zero attached hydrogens (tertiary/aromatic N) is 4. The third kappa shape index (κ3) is 7.04. The number of ether oxygens (including phenoxy) is 1. The van der Waals surface area contributed by atoms with Gasteiger partial charge in [0.05, 0.1) is 12.0 Å². The van der Waals surface area contributed by atoms with E-state index in [4.69, 9.17) is 9.15 Å². The number of benzene rings is 2. The number of hydrogen-bond donors (Lipinski definition) is 2. The predicted molar refractivity (Wildman–Crippen MR) is 161 cm³/mol. The van der Waals surface area contributed by atoms with Crippen molar-refractivity contribution in [3.05, 3.63) is 89.6 Å². The number of nitrogens with one attached hydrogen (secondary N) is 1. The fourth-order valence-electron chi connectivity index (χ4n) is 4.92. The molecule has 0 saturated carbocycles. The van der Waals surface area contributed by atoms with Gasteiger partial charge in [0.2, 0.25) is 0 Å². The Morgan fingerprint density at radius 2 is 1.84 bits per heavy atom. The number of amides is 2. The molecule has 2 aromatic carbocycles. The van der Waals surface area contributed by atoms with E-state index < -0.39 is 17.3 Å². The van der Waals surface area contributed by atoms with Crippen LogP contribution in [0.4, 0.5) is 15.0 Å². The van der Waals surface area contributed by atoms with Crippen LogP contribution in [0.3, 0.4) is 0 Å². The molecule has 0 bridgehead atoms. The summed E-state index contributed by atoms with van der Waals surface area (Å²) in [6, 6.07) is 18.0. The fraction of sp³-hybridized carbons (Fsp3) is 0.273. The minimum Gasteiger partial charge on any atom is -0.507 e. The van der Waals surface area contributed by atoms with Gasteiger partial charge in [0.15, 0.2) is 11.6 Å². The maximum absolute atomic E-state index is 13.8. The molecule has 11 heteroatoms. The summed E-state index contributed by atoms with van der Waals surface area (Å²) in [5, 5.41) is 23.4. The zero-order valence-electron chi connectivity index (χ0n) is 24.6. The van der Waals surface area contributed by atoms with Crippen molar-refractivity contribution in [3.63, 3.8) is 0 Å². The van der Waals surface area contributed by atoms with E-state index in [-0.39, 0.29) is 40.2 Å². The van der Waals surface area contributed by atoms with Crippen LogP contribution >= 0.6 is 0 Å². The summed E-state index contributed by atoms with van der Waals surface area (Å²) in [6.45, 7) is 8.55. The van der Waals surface area contributed by atoms with Crippen LogP contribution in [0.25, 0.3) is 22.4 Å². The van der Waals surface area contributed by atoms with E-state index >= 15 is 0 Å². The number of piperazine rings is 1. The van der Waals surface area contributed by atoms with Crippen molar-refractivity contribution in [2.24, 2.45) is 0 Å². The summed E-state index contributed by atoms with van der Waals surface area (Å²) >= 11 is 0. The number of aromatic hydroxyl groups is 1. The summed E-state index contributed by atoms with van der Waals surface area (Å²) in [6.07, 6.45) is 1.04. The first-order valence-electron chi connectivity index (χ1n) is 14.1. The van der Waals surface area contributed by atoms with E-state index in [1.807, 2.05) is 45.0 Å². The fourth-order valence-corrected chi connectivity index (χ4v) is 4.92. The zero-order chi connectivity index (χ0) is 31.4. The Labute approximate surface area is 254 Å². The van der Waals surface area contributed by atoms with Crippen LogP contribution in [-0.2, 0) is 11.3 Å². The van der Waals surface area contributed by atoms with Crippen LogP contribution < -0.4 is 5.32 Å². The van der Waals surface area contributed by atoms with Crippen molar-refractivity contribution in [1.82, 2.24) is 14.8 Å². The number of anilines is 1. The summed E-state index contributed by atoms with van der Waals surface area (Å²) in [5.74, 6) is -1.57. The van der Waals surface area contributed by atoms with Gasteiger partial charge in [0.25, 0.3) is 5.91 Å². The summed E-state index contributed by atoms with van der Waals surface area (Å²) in [7, 11) is 0. The Balaban J connectivity index is 1.44. The number of carbonyl (C=O) groups is 2. The van der Waals surface area contributed by atoms with Crippen LogP contribution in [0.15, 0.2) is 71.3 Å². The lowest BCUT2D eigenvalue weighted by atomic mass is 9.96. The van der Waals surface area contributed by atoms with Crippen LogP contribution in [0.5, 0.6) is 5.75 Å². The van der Waals surface area contributed by atoms with Gasteiger partial charge in [-0.15, -0.1) is 0 Å². The highest BCUT2D eigenvalue weighted by Gasteiger charge is 2.26. The van der Waals surface area contributed by atoms with E-state index in [9.17, 15) is 24.3 Å². The molecule has 2 amide bonds. The third-order valence-electron chi connectivity index (χ3n) is 7.01. The average Bonchev–Trinajstić information content (AvgIpc) is 3.52. The maximum Gasteiger partial charge on any atom is 0.410 e. The Bertz CT molecular complexity index is 1720. The Hall–Kier alpha value is -5.21. The Kier molecular flexibility index (Phi) is 8.64. The minimum absolute atomic E-state index is 0.0287. The molecule has 1 fully saturated rings. The number of pyridine rings is 1. The average molecular weight is 598 g/mol. The summed E-state index contributed by atoms with van der Waals surface area (Å²) in [5.41, 5.74) is 2.14. The molecule has 0 radical (unpaired) electrons. The lowest BCUT2D eigenvalue weighted by Gasteiger charge is -2.35. The van der Waals surface area contributed by atoms with Gasteiger partial charge in [0.1, 0.15) is 28.8 Å². The number of phenols is 1. The Morgan fingerprint density at radius 3 is 2.50 bits per heavy atom. The number of halogens is 1. The van der Waals surface area contributed by atoms with E-state index in [0.717, 1.165) is 11.6 Å². The molecule has 0 aliphatic carbocycles. The molecule has 1 aliphatic rings. The molecule has 3 heterocycles. The molecular weight excluding hydrogens is 565 g/mol. The van der Waals surface area contributed by atoms with E-state index in [1.165, 1.54) is 24.5 Å². The van der Waals surface area contributed by atoms with E-state index in [1.54, 1.807) is 17.0 Å². The van der Waals surface area contributed by atoms with Gasteiger partial charge in [0, 0.05) is 49.9 Å². The number of nitriles is 1. The van der Waals surface area contributed by atoms with E-state index in [0.29, 0.717) is 43.9 Å². The highest BCUT2D eigenvalue weighted by molar-refractivity contribution is 6.03. The normalized spacial score (nSPS) is 13.8. The lowest BCUT2D eigenvalue weighted by molar-refractivity contribution is 0.0139. The largest absolute Gasteiger partial charge is 0.507 e. The van der Waals surface area contributed by atoms with Crippen molar-refractivity contribution in [2.75, 3.05) is 31.5 Å². The number of aromatic nitrogens is 1. The van der Waals surface area contributed by atoms with Gasteiger partial charge in [-0.25, -0.2) is 14.2 Å². The molecular formula is C33H32FN5O5. The minimum atomic E-state index is -0.619. The molecule has 226 valence electrons. The molecule has 0 atom stereocenters. The number of phenolic OH excluding ortho intramolecular Hbond substituents is 1. The van der Waals surface area contributed by atoms with Gasteiger partial charge < -0.3 is 24.5 Å². The number of carbonyl (C=O) groups excluding carboxylic acids is 2. The molecule has 10 nitrogen and oxygen atoms in total. The van der Waals surface area contributed by atoms with Crippen LogP contribution in [0.2, 0.25) is 0 Å². The van der Waals surface area contributed by atoms with E-state index in [2.05, 4.69) is 21.3 Å². The maximum atomic E-state index is 13.8. The Morgan fingerprint density at radius 1 is 1.07 bits per heavy atom. The van der Waals surface area contributed by atoms with Crippen molar-refractivity contribution >= 4 is 17.8 Å². The smallest absolute Gasteiger partial charge is 0.410 e. The van der Waals surface area contributed by atoms with Gasteiger partial charge >= 0.3 is 6.09 Å². The van der Waals surface area contributed by atoms with Crippen molar-refractivity contribution < 1.29 is 28.2 Å². The topological polar surface area (TPSA) is 132 Å². The third-order valence-corrected chi connectivity index (χ3v) is 7.01. The van der Waals surface area contributed by atoms with Crippen molar-refractivity contribution in [2.45, 2.75) is 32.9 Å². The quantitative estimate of drug-likeness (QED) is 0.275. The molecule has 4 aromatic rings. The van der Waals surface area contributed by atoms with Crippen LogP contribution in [0.1, 0.15) is 42.5 Å².